The van der Waals surface area contributed by atoms with E-state index in [0.717, 1.165) is 38.5 Å². The Labute approximate surface area is 218 Å². The van der Waals surface area contributed by atoms with Crippen molar-refractivity contribution in [2.45, 2.75) is 96.3 Å². The van der Waals surface area contributed by atoms with Gasteiger partial charge in [-0.25, -0.2) is 0 Å². The van der Waals surface area contributed by atoms with Gasteiger partial charge in [-0.05, 0) is 101 Å². The van der Waals surface area contributed by atoms with Gasteiger partial charge in [0.15, 0.2) is 0 Å². The van der Waals surface area contributed by atoms with Crippen LogP contribution in [-0.2, 0) is 33.2 Å². The molecule has 11 heteroatoms. The maximum atomic E-state index is 13.2. The van der Waals surface area contributed by atoms with Crippen molar-refractivity contribution in [3.8, 4) is 0 Å². The summed E-state index contributed by atoms with van der Waals surface area (Å²) < 4.78 is 91.7. The molecule has 0 unspecified atom stereocenters. The smallest absolute Gasteiger partial charge is 0.380 e. The number of hydrogen-bond donors (Lipinski definition) is 0. The minimum Gasteiger partial charge on any atom is -0.380 e. The summed E-state index contributed by atoms with van der Waals surface area (Å²) in [6, 6.07) is 0. The first-order valence-electron chi connectivity index (χ1n) is 13.5. The van der Waals surface area contributed by atoms with Crippen LogP contribution in [0.3, 0.4) is 0 Å². The third-order valence-electron chi connectivity index (χ3n) is 9.94. The topological polar surface area (TPSA) is 80.3 Å². The van der Waals surface area contributed by atoms with Crippen molar-refractivity contribution >= 4 is 10.1 Å². The van der Waals surface area contributed by atoms with Crippen molar-refractivity contribution in [2.24, 2.45) is 28.6 Å². The van der Waals surface area contributed by atoms with Crippen molar-refractivity contribution in [3.05, 3.63) is 11.8 Å². The summed E-state index contributed by atoms with van der Waals surface area (Å²) >= 11 is 0. The average molecular weight is 555 g/mol. The number of ether oxygens (including phenoxy) is 4. The van der Waals surface area contributed by atoms with Gasteiger partial charge >= 0.3 is 15.6 Å². The van der Waals surface area contributed by atoms with E-state index in [1.165, 1.54) is 6.08 Å². The van der Waals surface area contributed by atoms with E-state index in [9.17, 15) is 21.6 Å². The van der Waals surface area contributed by atoms with Crippen LogP contribution in [-0.4, -0.2) is 52.4 Å². The fourth-order valence-corrected chi connectivity index (χ4v) is 8.50. The second kappa shape index (κ2) is 10.6. The maximum absolute atomic E-state index is 13.2. The number of hydrogen-bond acceptors (Lipinski definition) is 7. The Bertz CT molecular complexity index is 954. The van der Waals surface area contributed by atoms with Crippen LogP contribution in [0.15, 0.2) is 11.8 Å². The molecule has 214 valence electrons. The fraction of sp³-hybridized carbons (Fsp3) is 0.923. The Morgan fingerprint density at radius 1 is 0.973 bits per heavy atom. The van der Waals surface area contributed by atoms with E-state index in [1.807, 2.05) is 13.8 Å². The zero-order valence-corrected chi connectivity index (χ0v) is 23.1. The van der Waals surface area contributed by atoms with Crippen molar-refractivity contribution in [1.29, 1.82) is 0 Å². The van der Waals surface area contributed by atoms with E-state index in [0.29, 0.717) is 44.7 Å². The van der Waals surface area contributed by atoms with Crippen LogP contribution in [0.1, 0.15) is 79.1 Å². The zero-order valence-electron chi connectivity index (χ0n) is 22.3. The van der Waals surface area contributed by atoms with Gasteiger partial charge in [-0.2, -0.15) is 21.6 Å². The molecule has 0 aromatic heterocycles. The summed E-state index contributed by atoms with van der Waals surface area (Å²) in [5.74, 6) is 0.652. The molecule has 0 saturated heterocycles. The lowest BCUT2D eigenvalue weighted by Crippen LogP contribution is -2.63. The molecule has 4 aliphatic carbocycles. The molecule has 3 fully saturated rings. The van der Waals surface area contributed by atoms with Crippen molar-refractivity contribution in [1.82, 2.24) is 0 Å². The summed E-state index contributed by atoms with van der Waals surface area (Å²) in [7, 11) is -5.78. The monoisotopic (exact) mass is 554 g/mol. The average Bonchev–Trinajstić information content (AvgIpc) is 3.10. The molecule has 37 heavy (non-hydrogen) atoms. The third kappa shape index (κ3) is 4.96. The molecular weight excluding hydrogens is 513 g/mol. The first-order chi connectivity index (χ1) is 17.3. The van der Waals surface area contributed by atoms with E-state index in [4.69, 9.17) is 23.1 Å². The highest BCUT2D eigenvalue weighted by Crippen LogP contribution is 2.69. The van der Waals surface area contributed by atoms with Gasteiger partial charge in [0.1, 0.15) is 19.3 Å². The standard InChI is InChI=1S/C26H41F3O7S/c1-5-32-16-34-19-9-12-23(3)18(15-19)7-8-21-20(23)10-13-24(4)22(36-37(30,31)26(27,28)29)11-14-25(21,24)35-17-33-6-2/h11,18-21H,5-10,12-17H2,1-4H3/t18-,19+,20+,21-,23+,24-,25-/m1/s1. The number of alkyl halides is 3. The van der Waals surface area contributed by atoms with Crippen LogP contribution in [0.4, 0.5) is 13.2 Å². The van der Waals surface area contributed by atoms with Crippen LogP contribution in [0, 0.1) is 28.6 Å². The molecule has 0 aliphatic heterocycles. The summed E-state index contributed by atoms with van der Waals surface area (Å²) in [5, 5.41) is 0. The summed E-state index contributed by atoms with van der Waals surface area (Å²) in [5.41, 5.74) is -7.35. The lowest BCUT2D eigenvalue weighted by atomic mass is 9.43. The molecule has 0 radical (unpaired) electrons. The second-order valence-electron chi connectivity index (χ2n) is 11.4. The zero-order chi connectivity index (χ0) is 27.1. The number of rotatable bonds is 10. The van der Waals surface area contributed by atoms with E-state index in [-0.39, 0.29) is 30.0 Å². The molecule has 0 aromatic carbocycles. The van der Waals surface area contributed by atoms with Crippen molar-refractivity contribution < 1.29 is 44.7 Å². The van der Waals surface area contributed by atoms with Gasteiger partial charge in [0, 0.05) is 13.2 Å². The van der Waals surface area contributed by atoms with Crippen LogP contribution >= 0.6 is 0 Å². The van der Waals surface area contributed by atoms with Gasteiger partial charge in [0.2, 0.25) is 0 Å². The van der Waals surface area contributed by atoms with E-state index in [1.54, 1.807) is 6.92 Å². The van der Waals surface area contributed by atoms with E-state index in [2.05, 4.69) is 6.92 Å². The normalized spacial score (nSPS) is 39.9. The van der Waals surface area contributed by atoms with Crippen molar-refractivity contribution in [2.75, 3.05) is 26.8 Å². The lowest BCUT2D eigenvalue weighted by Gasteiger charge is -2.64. The molecule has 7 atom stereocenters. The molecule has 4 rings (SSSR count). The summed E-state index contributed by atoms with van der Waals surface area (Å²) in [4.78, 5) is 0. The Hall–Kier alpha value is -0.880. The summed E-state index contributed by atoms with van der Waals surface area (Å²) in [6.07, 6.45) is 7.91. The molecule has 0 spiro atoms. The number of fused-ring (bicyclic) bond motifs is 5. The third-order valence-corrected chi connectivity index (χ3v) is 10.9. The SMILES string of the molecule is CCOCO[C@H]1CC[C@@]2(C)[C@H](CC[C@@H]3[C@@H]2CC[C@]2(C)C(OS(=O)(=O)C(F)(F)F)=CC[C@@]32OCOCC)C1. The van der Waals surface area contributed by atoms with Gasteiger partial charge in [-0.15, -0.1) is 0 Å². The molecule has 0 N–H and O–H groups in total. The molecule has 0 aromatic rings. The van der Waals surface area contributed by atoms with Crippen molar-refractivity contribution in [3.63, 3.8) is 0 Å². The fourth-order valence-electron chi connectivity index (χ4n) is 7.92. The van der Waals surface area contributed by atoms with E-state index >= 15 is 0 Å². The Morgan fingerprint density at radius 2 is 1.68 bits per heavy atom. The van der Waals surface area contributed by atoms with Crippen LogP contribution < -0.4 is 0 Å². The molecule has 0 heterocycles. The van der Waals surface area contributed by atoms with Gasteiger partial charge in [-0.3, -0.25) is 0 Å². The Morgan fingerprint density at radius 3 is 2.35 bits per heavy atom. The first kappa shape index (κ1) is 29.1. The molecule has 0 bridgehead atoms. The van der Waals surface area contributed by atoms with Crippen LogP contribution in [0.2, 0.25) is 0 Å². The second-order valence-corrected chi connectivity index (χ2v) is 13.0. The first-order valence-corrected chi connectivity index (χ1v) is 14.9. The van der Waals surface area contributed by atoms with Gasteiger partial charge < -0.3 is 23.1 Å². The van der Waals surface area contributed by atoms with Crippen LogP contribution in [0.5, 0.6) is 0 Å². The highest BCUT2D eigenvalue weighted by molar-refractivity contribution is 7.87. The highest BCUT2D eigenvalue weighted by Gasteiger charge is 2.68. The number of halogens is 3. The quantitative estimate of drug-likeness (QED) is 0.144. The maximum Gasteiger partial charge on any atom is 0.534 e. The molecule has 3 saturated carbocycles. The highest BCUT2D eigenvalue weighted by atomic mass is 32.2. The minimum atomic E-state index is -5.78. The van der Waals surface area contributed by atoms with Gasteiger partial charge in [-0.1, -0.05) is 6.92 Å². The van der Waals surface area contributed by atoms with Crippen LogP contribution in [0.25, 0.3) is 0 Å². The Balaban J connectivity index is 1.60. The summed E-state index contributed by atoms with van der Waals surface area (Å²) in [6.45, 7) is 9.28. The predicted molar refractivity (Wildman–Crippen MR) is 129 cm³/mol. The van der Waals surface area contributed by atoms with Gasteiger partial charge in [0.25, 0.3) is 0 Å². The van der Waals surface area contributed by atoms with Gasteiger partial charge in [0.05, 0.1) is 17.1 Å². The Kier molecular flexibility index (Phi) is 8.34. The molecular formula is C26H41F3O7S. The minimum absolute atomic E-state index is 0.00403. The molecule has 4 aliphatic rings. The largest absolute Gasteiger partial charge is 0.534 e. The predicted octanol–water partition coefficient (Wildman–Crippen LogP) is 5.90. The molecule has 7 nitrogen and oxygen atoms in total. The van der Waals surface area contributed by atoms with E-state index < -0.39 is 26.6 Å². The molecule has 0 amide bonds. The lowest BCUT2D eigenvalue weighted by molar-refractivity contribution is -0.257.